The number of ketones is 1. The first-order valence-corrected chi connectivity index (χ1v) is 20.6. The lowest BCUT2D eigenvalue weighted by Gasteiger charge is -2.70. The van der Waals surface area contributed by atoms with E-state index in [1.54, 1.807) is 13.8 Å². The van der Waals surface area contributed by atoms with Gasteiger partial charge in [-0.15, -0.1) is 11.8 Å². The van der Waals surface area contributed by atoms with Gasteiger partial charge in [0.15, 0.2) is 5.78 Å². The molecule has 9 rings (SSSR count). The number of aliphatic hydroxyl groups is 6. The lowest BCUT2D eigenvalue weighted by molar-refractivity contribution is -0.703. The molecule has 7 aliphatic carbocycles. The minimum Gasteiger partial charge on any atom is -0.391 e. The van der Waals surface area contributed by atoms with Crippen LogP contribution in [0, 0.1) is 75.4 Å². The summed E-state index contributed by atoms with van der Waals surface area (Å²) in [5.74, 6) is 5.49. The number of aliphatic imine (C=N–C) groups is 1. The number of hydrogen-bond acceptors (Lipinski definition) is 10. The van der Waals surface area contributed by atoms with E-state index >= 15 is 4.79 Å². The largest absolute Gasteiger partial charge is 0.391 e. The average molecular weight is 739 g/mol. The molecule has 6 fully saturated rings. The molecule has 11 nitrogen and oxygen atoms in total. The summed E-state index contributed by atoms with van der Waals surface area (Å²) in [6.45, 7) is 8.83. The zero-order chi connectivity index (χ0) is 37.9. The van der Waals surface area contributed by atoms with Gasteiger partial charge in [0.25, 0.3) is 0 Å². The number of carbonyl (C=O) groups is 1. The van der Waals surface area contributed by atoms with Crippen LogP contribution in [0.3, 0.4) is 0 Å². The van der Waals surface area contributed by atoms with Gasteiger partial charge in [-0.1, -0.05) is 26.0 Å². The average Bonchev–Trinajstić information content (AvgIpc) is 3.55. The highest BCUT2D eigenvalue weighted by Gasteiger charge is 2.80. The third-order valence-electron chi connectivity index (χ3n) is 16.9. The van der Waals surface area contributed by atoms with Crippen molar-refractivity contribution in [1.29, 1.82) is 0 Å². The molecule has 2 aliphatic heterocycles. The van der Waals surface area contributed by atoms with Crippen LogP contribution in [-0.2, 0) is 9.53 Å². The molecule has 0 amide bonds. The highest BCUT2D eigenvalue weighted by atomic mass is 16.5. The minimum atomic E-state index is -1.65. The molecule has 11 heteroatoms. The van der Waals surface area contributed by atoms with Gasteiger partial charge in [-0.3, -0.25) is 15.5 Å². The third-order valence-corrected chi connectivity index (χ3v) is 16.9. The lowest BCUT2D eigenvalue weighted by Crippen LogP contribution is -2.95. The van der Waals surface area contributed by atoms with Crippen LogP contribution in [0.4, 0.5) is 0 Å². The van der Waals surface area contributed by atoms with Crippen LogP contribution in [-0.4, -0.2) is 110 Å². The summed E-state index contributed by atoms with van der Waals surface area (Å²) < 4.78 is 6.12. The predicted octanol–water partition coefficient (Wildman–Crippen LogP) is 0.674. The summed E-state index contributed by atoms with van der Waals surface area (Å²) in [7, 11) is 0. The van der Waals surface area contributed by atoms with Crippen molar-refractivity contribution in [3.8, 4) is 11.8 Å². The summed E-state index contributed by atoms with van der Waals surface area (Å²) in [5.41, 5.74) is 0.438. The fraction of sp³-hybridized carbons (Fsp3) is 0.857. The van der Waals surface area contributed by atoms with E-state index in [4.69, 9.17) is 15.5 Å². The van der Waals surface area contributed by atoms with Crippen molar-refractivity contribution in [2.75, 3.05) is 19.7 Å². The molecule has 6 bridgehead atoms. The molecule has 53 heavy (non-hydrogen) atoms. The number of fused-ring (bicyclic) bond motifs is 3. The van der Waals surface area contributed by atoms with Crippen molar-refractivity contribution in [2.24, 2.45) is 74.3 Å². The number of allylic oxidation sites excluding steroid dienone is 2. The van der Waals surface area contributed by atoms with Crippen molar-refractivity contribution in [1.82, 2.24) is 0 Å². The van der Waals surface area contributed by atoms with Gasteiger partial charge in [0.1, 0.15) is 12.3 Å². The Hall–Kier alpha value is -1.72. The number of rotatable bonds is 6. The van der Waals surface area contributed by atoms with Crippen molar-refractivity contribution in [3.05, 3.63) is 12.2 Å². The van der Waals surface area contributed by atoms with Crippen molar-refractivity contribution in [2.45, 2.75) is 140 Å². The Bertz CT molecular complexity index is 1580. The normalized spacial score (nSPS) is 53.3. The Kier molecular flexibility index (Phi) is 9.49. The summed E-state index contributed by atoms with van der Waals surface area (Å²) in [6, 6.07) is 0. The summed E-state index contributed by atoms with van der Waals surface area (Å²) in [6.07, 6.45) is 4.34. The van der Waals surface area contributed by atoms with E-state index in [9.17, 15) is 30.6 Å². The highest BCUT2D eigenvalue weighted by Crippen LogP contribution is 2.76. The Morgan fingerprint density at radius 1 is 1.04 bits per heavy atom. The van der Waals surface area contributed by atoms with Gasteiger partial charge in [0.05, 0.1) is 59.8 Å². The minimum absolute atomic E-state index is 0.0104. The zero-order valence-electron chi connectivity index (χ0n) is 32.0. The summed E-state index contributed by atoms with van der Waals surface area (Å²) in [5, 5.41) is 74.4. The van der Waals surface area contributed by atoms with E-state index in [0.717, 1.165) is 19.4 Å². The van der Waals surface area contributed by atoms with Gasteiger partial charge in [0.2, 0.25) is 0 Å². The van der Waals surface area contributed by atoms with E-state index in [2.05, 4.69) is 43.2 Å². The summed E-state index contributed by atoms with van der Waals surface area (Å²) in [4.78, 5) is 20.6. The molecule has 4 saturated carbocycles. The Labute approximate surface area is 314 Å². The number of aliphatic hydroxyl groups excluding tert-OH is 4. The molecule has 0 aromatic carbocycles. The van der Waals surface area contributed by atoms with Gasteiger partial charge in [-0.25, -0.2) is 0 Å². The second-order valence-electron chi connectivity index (χ2n) is 19.5. The maximum absolute atomic E-state index is 15.7. The molecule has 19 atom stereocenters. The zero-order valence-corrected chi connectivity index (χ0v) is 32.0. The third kappa shape index (κ3) is 5.33. The van der Waals surface area contributed by atoms with Gasteiger partial charge in [-0.2, -0.15) is 0 Å². The molecule has 294 valence electrons. The second kappa shape index (κ2) is 13.2. The standard InChI is InChI=1S/C42H63N3O8/c1-22-21-53-35(24(22)3)37(50)38(4,51)30-11-14-42(52)33-32-26-8-7-25(27-9-10-31(43)44-20-27)15-41(32)18-29(48)28(47)17-40(41,13-6-5-12-39(30,42)16-26)36(49)34(33)45-19-23(2)46/h7-8,22-33,35,37,44,46-48,50-52H,9-21,43H2,1-4H3/p+1. The van der Waals surface area contributed by atoms with E-state index in [-0.39, 0.29) is 85.9 Å². The first-order valence-electron chi connectivity index (χ1n) is 20.6. The van der Waals surface area contributed by atoms with Gasteiger partial charge in [-0.05, 0) is 99.7 Å². The number of ether oxygens (including phenoxy) is 1. The number of nitrogens with zero attached hydrogens (tertiary/aromatic N) is 1. The molecular formula is C42H64N3O8+. The van der Waals surface area contributed by atoms with E-state index in [1.807, 2.05) is 0 Å². The van der Waals surface area contributed by atoms with Crippen LogP contribution >= 0.6 is 0 Å². The summed E-state index contributed by atoms with van der Waals surface area (Å²) >= 11 is 0. The number of Topliss-reactive ketones (excluding diaryl/α,β-unsaturated/α-hetero) is 1. The molecule has 0 aromatic heterocycles. The molecule has 19 unspecified atom stereocenters. The number of piperidine rings is 1. The van der Waals surface area contributed by atoms with Crippen molar-refractivity contribution in [3.63, 3.8) is 0 Å². The van der Waals surface area contributed by atoms with E-state index in [0.29, 0.717) is 31.8 Å². The fourth-order valence-corrected chi connectivity index (χ4v) is 14.0. The lowest BCUT2D eigenvalue weighted by atomic mass is 9.33. The van der Waals surface area contributed by atoms with Gasteiger partial charge < -0.3 is 40.7 Å². The van der Waals surface area contributed by atoms with Crippen LogP contribution in [0.5, 0.6) is 0 Å². The van der Waals surface area contributed by atoms with Crippen LogP contribution in [0.1, 0.15) is 91.9 Å². The maximum atomic E-state index is 15.7. The number of quaternary nitrogens is 1. The van der Waals surface area contributed by atoms with Crippen LogP contribution in [0.25, 0.3) is 0 Å². The van der Waals surface area contributed by atoms with Crippen LogP contribution in [0.15, 0.2) is 17.1 Å². The molecule has 2 heterocycles. The fourth-order valence-electron chi connectivity index (χ4n) is 14.0. The van der Waals surface area contributed by atoms with Crippen molar-refractivity contribution < 1.29 is 45.5 Å². The monoisotopic (exact) mass is 738 g/mol. The number of hydrogen-bond donors (Lipinski definition) is 8. The molecular weight excluding hydrogens is 674 g/mol. The molecule has 0 radical (unpaired) electrons. The topological polar surface area (TPSA) is 203 Å². The number of carbonyl (C=O) groups excluding carboxylic acids is 1. The first kappa shape index (κ1) is 38.2. The SMILES string of the molecule is CC(O)CN=C1C(=O)C23CC#CCC45CC6C=CC(C7CCC(N)[NH2+]C7)CC2(CC(O)C(O)C3)C6C1C4(O)CCC5C(C)(O)C(O)C1OCC(C)C1C. The van der Waals surface area contributed by atoms with Gasteiger partial charge >= 0.3 is 0 Å². The van der Waals surface area contributed by atoms with Gasteiger partial charge in [0, 0.05) is 43.1 Å². The smallest absolute Gasteiger partial charge is 0.184 e. The maximum Gasteiger partial charge on any atom is 0.184 e. The van der Waals surface area contributed by atoms with Crippen LogP contribution < -0.4 is 11.1 Å². The highest BCUT2D eigenvalue weighted by molar-refractivity contribution is 6.44. The molecule has 10 N–H and O–H groups in total. The second-order valence-corrected chi connectivity index (χ2v) is 19.5. The first-order chi connectivity index (χ1) is 25.0. The van der Waals surface area contributed by atoms with Crippen molar-refractivity contribution >= 4 is 11.5 Å². The molecule has 2 saturated heterocycles. The Balaban J connectivity index is 1.35. The predicted molar refractivity (Wildman–Crippen MR) is 197 cm³/mol. The number of nitrogens with two attached hydrogens (primary N) is 2. The van der Waals surface area contributed by atoms with E-state index in [1.165, 1.54) is 0 Å². The molecule has 0 aromatic rings. The Morgan fingerprint density at radius 3 is 2.42 bits per heavy atom. The molecule has 9 aliphatic rings. The quantitative estimate of drug-likeness (QED) is 0.142. The molecule has 3 spiro atoms. The van der Waals surface area contributed by atoms with E-state index < -0.39 is 69.8 Å². The Morgan fingerprint density at radius 2 is 1.74 bits per heavy atom. The van der Waals surface area contributed by atoms with Crippen LogP contribution in [0.2, 0.25) is 0 Å².